The molecule has 0 aliphatic rings. The largest absolute Gasteiger partial charge is 0.478 e. The Labute approximate surface area is 116 Å². The third-order valence-corrected chi connectivity index (χ3v) is 3.53. The number of nitrogens with zero attached hydrogens (tertiary/aromatic N) is 1. The van der Waals surface area contributed by atoms with E-state index >= 15 is 0 Å². The minimum Gasteiger partial charge on any atom is -0.478 e. The molecule has 0 amide bonds. The number of carbonyl (C=O) groups excluding carboxylic acids is 1. The van der Waals surface area contributed by atoms with Crippen molar-refractivity contribution in [1.82, 2.24) is 4.57 Å². The zero-order valence-corrected chi connectivity index (χ0v) is 11.7. The number of aromatic nitrogens is 1. The van der Waals surface area contributed by atoms with Crippen molar-refractivity contribution in [3.05, 3.63) is 34.5 Å². The van der Waals surface area contributed by atoms with Gasteiger partial charge in [0.25, 0.3) is 0 Å². The minimum atomic E-state index is -1.02. The molecule has 0 saturated heterocycles. The summed E-state index contributed by atoms with van der Waals surface area (Å²) >= 11 is 0. The molecule has 0 radical (unpaired) electrons. The van der Waals surface area contributed by atoms with Crippen LogP contribution in [0.25, 0.3) is 10.9 Å². The molecule has 0 aliphatic carbocycles. The van der Waals surface area contributed by atoms with Crippen molar-refractivity contribution in [3.8, 4) is 0 Å². The van der Waals surface area contributed by atoms with Crippen LogP contribution < -0.4 is 0 Å². The smallest absolute Gasteiger partial charge is 0.335 e. The number of hydrogen-bond acceptors (Lipinski definition) is 3. The molecule has 1 heterocycles. The van der Waals surface area contributed by atoms with Gasteiger partial charge in [-0.2, -0.15) is 0 Å². The van der Waals surface area contributed by atoms with E-state index in [2.05, 4.69) is 0 Å². The number of aliphatic hydroxyl groups excluding tert-OH is 1. The fourth-order valence-corrected chi connectivity index (χ4v) is 2.77. The molecular formula is C15H17NO4. The van der Waals surface area contributed by atoms with E-state index in [1.54, 1.807) is 6.07 Å². The summed E-state index contributed by atoms with van der Waals surface area (Å²) in [6, 6.07) is 3.12. The number of aliphatic hydroxyl groups is 1. The number of benzene rings is 1. The highest BCUT2D eigenvalue weighted by Crippen LogP contribution is 2.30. The van der Waals surface area contributed by atoms with E-state index in [1.165, 1.54) is 13.0 Å². The lowest BCUT2D eigenvalue weighted by atomic mass is 10.0. The lowest BCUT2D eigenvalue weighted by Gasteiger charge is -2.08. The Bertz CT molecular complexity index is 712. The third kappa shape index (κ3) is 2.10. The van der Waals surface area contributed by atoms with E-state index in [0.29, 0.717) is 17.5 Å². The van der Waals surface area contributed by atoms with E-state index in [1.807, 2.05) is 18.4 Å². The summed E-state index contributed by atoms with van der Waals surface area (Å²) in [5.41, 5.74) is 3.04. The number of aryl methyl sites for hydroxylation is 1. The predicted molar refractivity (Wildman–Crippen MR) is 75.5 cm³/mol. The second kappa shape index (κ2) is 5.09. The Hall–Kier alpha value is -2.14. The van der Waals surface area contributed by atoms with Crippen molar-refractivity contribution < 1.29 is 19.8 Å². The average Bonchev–Trinajstić information content (AvgIpc) is 2.63. The maximum Gasteiger partial charge on any atom is 0.335 e. The first-order chi connectivity index (χ1) is 9.38. The molecule has 0 atom stereocenters. The Kier molecular flexibility index (Phi) is 3.63. The van der Waals surface area contributed by atoms with Gasteiger partial charge in [0, 0.05) is 23.2 Å². The number of fused-ring (bicyclic) bond motifs is 1. The van der Waals surface area contributed by atoms with Gasteiger partial charge in [0.1, 0.15) is 0 Å². The molecule has 0 saturated carbocycles. The second-order valence-electron chi connectivity index (χ2n) is 4.89. The topological polar surface area (TPSA) is 79.5 Å². The van der Waals surface area contributed by atoms with Gasteiger partial charge in [-0.15, -0.1) is 0 Å². The van der Waals surface area contributed by atoms with E-state index in [0.717, 1.165) is 16.8 Å². The number of rotatable bonds is 4. The highest BCUT2D eigenvalue weighted by molar-refractivity contribution is 6.10. The van der Waals surface area contributed by atoms with Gasteiger partial charge in [0.2, 0.25) is 0 Å². The zero-order chi connectivity index (χ0) is 15.0. The van der Waals surface area contributed by atoms with Gasteiger partial charge >= 0.3 is 5.97 Å². The highest BCUT2D eigenvalue weighted by atomic mass is 16.4. The highest BCUT2D eigenvalue weighted by Gasteiger charge is 2.20. The Morgan fingerprint density at radius 3 is 2.40 bits per heavy atom. The van der Waals surface area contributed by atoms with Crippen molar-refractivity contribution in [2.45, 2.75) is 27.3 Å². The number of carboxylic acids is 1. The molecule has 0 bridgehead atoms. The van der Waals surface area contributed by atoms with Crippen LogP contribution in [0.5, 0.6) is 0 Å². The standard InChI is InChI=1S/C15H17NO4/c1-8-6-11(15(19)20)7-12-13(10(3)18)9(2)16(4-5-17)14(8)12/h6-7,17H,4-5H2,1-3H3,(H,19,20). The number of carbonyl (C=O) groups is 2. The van der Waals surface area contributed by atoms with Gasteiger partial charge in [-0.1, -0.05) is 0 Å². The molecule has 1 aromatic carbocycles. The van der Waals surface area contributed by atoms with Gasteiger partial charge in [-0.05, 0) is 38.5 Å². The Morgan fingerprint density at radius 2 is 1.90 bits per heavy atom. The first-order valence-electron chi connectivity index (χ1n) is 6.37. The molecule has 1 aromatic heterocycles. The van der Waals surface area contributed by atoms with E-state index in [9.17, 15) is 14.7 Å². The Balaban J connectivity index is 2.92. The monoisotopic (exact) mass is 275 g/mol. The SMILES string of the molecule is CC(=O)c1c(C)n(CCO)c2c(C)cc(C(=O)O)cc12. The first kappa shape index (κ1) is 14.3. The lowest BCUT2D eigenvalue weighted by molar-refractivity contribution is 0.0696. The maximum atomic E-state index is 11.9. The number of aromatic carboxylic acids is 1. The van der Waals surface area contributed by atoms with E-state index < -0.39 is 5.97 Å². The van der Waals surface area contributed by atoms with Crippen LogP contribution in [0, 0.1) is 13.8 Å². The molecular weight excluding hydrogens is 258 g/mol. The molecule has 0 fully saturated rings. The predicted octanol–water partition coefficient (Wildman–Crippen LogP) is 2.15. The number of Topliss-reactive ketones (excluding diaryl/α,β-unsaturated/α-hetero) is 1. The third-order valence-electron chi connectivity index (χ3n) is 3.53. The average molecular weight is 275 g/mol. The van der Waals surface area contributed by atoms with Gasteiger partial charge in [0.15, 0.2) is 5.78 Å². The van der Waals surface area contributed by atoms with Crippen molar-refractivity contribution in [1.29, 1.82) is 0 Å². The summed E-state index contributed by atoms with van der Waals surface area (Å²) in [6.45, 7) is 5.43. The second-order valence-corrected chi connectivity index (χ2v) is 4.89. The van der Waals surface area contributed by atoms with Crippen molar-refractivity contribution in [3.63, 3.8) is 0 Å². The van der Waals surface area contributed by atoms with Crippen LogP contribution >= 0.6 is 0 Å². The molecule has 0 unspecified atom stereocenters. The summed E-state index contributed by atoms with van der Waals surface area (Å²) in [7, 11) is 0. The van der Waals surface area contributed by atoms with Crippen LogP contribution in [0.15, 0.2) is 12.1 Å². The van der Waals surface area contributed by atoms with Gasteiger partial charge < -0.3 is 14.8 Å². The first-order valence-corrected chi connectivity index (χ1v) is 6.37. The molecule has 2 N–H and O–H groups in total. The van der Waals surface area contributed by atoms with Gasteiger partial charge in [-0.3, -0.25) is 4.79 Å². The summed E-state index contributed by atoms with van der Waals surface area (Å²) in [5, 5.41) is 19.0. The quantitative estimate of drug-likeness (QED) is 0.838. The molecule has 0 aliphatic heterocycles. The zero-order valence-electron chi connectivity index (χ0n) is 11.7. The fraction of sp³-hybridized carbons (Fsp3) is 0.333. The number of ketones is 1. The molecule has 20 heavy (non-hydrogen) atoms. The van der Waals surface area contributed by atoms with Crippen molar-refractivity contribution in [2.75, 3.05) is 6.61 Å². The van der Waals surface area contributed by atoms with Crippen LogP contribution in [-0.2, 0) is 6.54 Å². The number of carboxylic acid groups (broad SMARTS) is 1. The van der Waals surface area contributed by atoms with E-state index in [4.69, 9.17) is 5.11 Å². The summed E-state index contributed by atoms with van der Waals surface area (Å²) in [4.78, 5) is 23.0. The van der Waals surface area contributed by atoms with Gasteiger partial charge in [0.05, 0.1) is 17.7 Å². The lowest BCUT2D eigenvalue weighted by Crippen LogP contribution is -2.06. The molecule has 5 heteroatoms. The maximum absolute atomic E-state index is 11.9. The van der Waals surface area contributed by atoms with Gasteiger partial charge in [-0.25, -0.2) is 4.79 Å². The van der Waals surface area contributed by atoms with Crippen LogP contribution in [-0.4, -0.2) is 33.1 Å². The normalized spacial score (nSPS) is 11.0. The fourth-order valence-electron chi connectivity index (χ4n) is 2.77. The van der Waals surface area contributed by atoms with Crippen molar-refractivity contribution in [2.24, 2.45) is 0 Å². The molecule has 2 aromatic rings. The van der Waals surface area contributed by atoms with Crippen LogP contribution in [0.2, 0.25) is 0 Å². The van der Waals surface area contributed by atoms with Crippen molar-refractivity contribution >= 4 is 22.7 Å². The van der Waals surface area contributed by atoms with E-state index in [-0.39, 0.29) is 18.0 Å². The summed E-state index contributed by atoms with van der Waals surface area (Å²) < 4.78 is 1.87. The Morgan fingerprint density at radius 1 is 1.25 bits per heavy atom. The molecule has 5 nitrogen and oxygen atoms in total. The molecule has 106 valence electrons. The molecule has 0 spiro atoms. The minimum absolute atomic E-state index is 0.0396. The summed E-state index contributed by atoms with van der Waals surface area (Å²) in [6.07, 6.45) is 0. The van der Waals surface area contributed by atoms with Crippen LogP contribution in [0.4, 0.5) is 0 Å². The number of hydrogen-bond donors (Lipinski definition) is 2. The summed E-state index contributed by atoms with van der Waals surface area (Å²) in [5.74, 6) is -1.12. The van der Waals surface area contributed by atoms with Crippen LogP contribution in [0.1, 0.15) is 38.9 Å². The van der Waals surface area contributed by atoms with Crippen LogP contribution in [0.3, 0.4) is 0 Å². The molecule has 2 rings (SSSR count).